The van der Waals surface area contributed by atoms with Crippen LogP contribution in [0, 0.1) is 0 Å². The minimum atomic E-state index is 0.459. The zero-order valence-corrected chi connectivity index (χ0v) is 10.5. The number of nitrogens with two attached hydrogens (primary N) is 1. The Labute approximate surface area is 108 Å². The van der Waals surface area contributed by atoms with Gasteiger partial charge in [-0.1, -0.05) is 0 Å². The lowest BCUT2D eigenvalue weighted by Gasteiger charge is -2.31. The number of nitrogens with zero attached hydrogens (tertiary/aromatic N) is 1. The monoisotopic (exact) mass is 248 g/mol. The van der Waals surface area contributed by atoms with E-state index in [1.54, 1.807) is 0 Å². The number of likely N-dealkylation sites (tertiary alicyclic amines) is 1. The molecule has 2 N–H and O–H groups in total. The molecule has 2 unspecified atom stereocenters. The van der Waals surface area contributed by atoms with Crippen LogP contribution in [0.2, 0.25) is 0 Å². The Kier molecular flexibility index (Phi) is 3.39. The van der Waals surface area contributed by atoms with Crippen molar-refractivity contribution in [1.29, 1.82) is 0 Å². The van der Waals surface area contributed by atoms with E-state index in [0.717, 1.165) is 37.7 Å². The van der Waals surface area contributed by atoms with E-state index < -0.39 is 0 Å². The molecule has 1 aromatic carbocycles. The zero-order valence-electron chi connectivity index (χ0n) is 10.5. The van der Waals surface area contributed by atoms with E-state index in [0.29, 0.717) is 12.2 Å². The molecule has 1 aromatic rings. The summed E-state index contributed by atoms with van der Waals surface area (Å²) < 4.78 is 11.5. The molecule has 0 aliphatic carbocycles. The van der Waals surface area contributed by atoms with Gasteiger partial charge >= 0.3 is 0 Å². The maximum atomic E-state index is 5.81. The van der Waals surface area contributed by atoms with Crippen LogP contribution in [0.25, 0.3) is 0 Å². The molecule has 2 atom stereocenters. The van der Waals surface area contributed by atoms with Gasteiger partial charge in [0.2, 0.25) is 0 Å². The second kappa shape index (κ2) is 5.16. The number of anilines is 1. The number of benzene rings is 1. The van der Waals surface area contributed by atoms with Gasteiger partial charge in [0.05, 0.1) is 12.2 Å². The maximum Gasteiger partial charge on any atom is 0.119 e. The molecular weight excluding hydrogens is 228 g/mol. The van der Waals surface area contributed by atoms with Crippen molar-refractivity contribution >= 4 is 5.69 Å². The summed E-state index contributed by atoms with van der Waals surface area (Å²) >= 11 is 0. The van der Waals surface area contributed by atoms with Crippen LogP contribution in [-0.2, 0) is 4.74 Å². The summed E-state index contributed by atoms with van der Waals surface area (Å²) in [5.74, 6) is 0.889. The van der Waals surface area contributed by atoms with Gasteiger partial charge in [0, 0.05) is 25.3 Å². The van der Waals surface area contributed by atoms with Gasteiger partial charge in [-0.15, -0.1) is 0 Å². The third-order valence-electron chi connectivity index (χ3n) is 3.68. The number of nitrogen functional groups attached to an aromatic ring is 1. The van der Waals surface area contributed by atoms with E-state index in [2.05, 4.69) is 4.90 Å². The third-order valence-corrected chi connectivity index (χ3v) is 3.68. The van der Waals surface area contributed by atoms with E-state index in [1.807, 2.05) is 24.3 Å². The Hall–Kier alpha value is -1.26. The van der Waals surface area contributed by atoms with Gasteiger partial charge in [0.25, 0.3) is 0 Å². The molecule has 2 saturated heterocycles. The standard InChI is InChI=1S/C14H20N2O2/c15-11-1-3-12(4-2-11)17-8-7-16-9-13-5-6-14(10-16)18-13/h1-4,13-14H,5-10,15H2. The maximum absolute atomic E-state index is 5.81. The molecule has 4 nitrogen and oxygen atoms in total. The van der Waals surface area contributed by atoms with Crippen LogP contribution >= 0.6 is 0 Å². The highest BCUT2D eigenvalue weighted by Crippen LogP contribution is 2.25. The molecular formula is C14H20N2O2. The predicted molar refractivity (Wildman–Crippen MR) is 70.7 cm³/mol. The summed E-state index contributed by atoms with van der Waals surface area (Å²) in [5, 5.41) is 0. The second-order valence-corrected chi connectivity index (χ2v) is 5.13. The first-order valence-electron chi connectivity index (χ1n) is 6.66. The van der Waals surface area contributed by atoms with Crippen molar-refractivity contribution in [2.75, 3.05) is 32.0 Å². The van der Waals surface area contributed by atoms with Crippen LogP contribution in [-0.4, -0.2) is 43.3 Å². The highest BCUT2D eigenvalue weighted by Gasteiger charge is 2.33. The average molecular weight is 248 g/mol. The van der Waals surface area contributed by atoms with Gasteiger partial charge in [-0.05, 0) is 37.1 Å². The fraction of sp³-hybridized carbons (Fsp3) is 0.571. The summed E-state index contributed by atoms with van der Waals surface area (Å²) in [6, 6.07) is 7.56. The van der Waals surface area contributed by atoms with E-state index in [9.17, 15) is 0 Å². The molecule has 0 aromatic heterocycles. The minimum Gasteiger partial charge on any atom is -0.492 e. The van der Waals surface area contributed by atoms with Crippen molar-refractivity contribution in [3.63, 3.8) is 0 Å². The van der Waals surface area contributed by atoms with Gasteiger partial charge in [0.1, 0.15) is 12.4 Å². The minimum absolute atomic E-state index is 0.459. The first-order valence-corrected chi connectivity index (χ1v) is 6.66. The number of ether oxygens (including phenoxy) is 2. The molecule has 98 valence electrons. The third kappa shape index (κ3) is 2.76. The Bertz CT molecular complexity index is 381. The number of fused-ring (bicyclic) bond motifs is 2. The van der Waals surface area contributed by atoms with Crippen LogP contribution < -0.4 is 10.5 Å². The molecule has 2 aliphatic rings. The fourth-order valence-corrected chi connectivity index (χ4v) is 2.74. The number of rotatable bonds is 4. The highest BCUT2D eigenvalue weighted by atomic mass is 16.5. The Balaban J connectivity index is 1.43. The predicted octanol–water partition coefficient (Wildman–Crippen LogP) is 1.51. The average Bonchev–Trinajstić information content (AvgIpc) is 2.71. The molecule has 18 heavy (non-hydrogen) atoms. The van der Waals surface area contributed by atoms with Crippen molar-refractivity contribution in [3.8, 4) is 5.75 Å². The van der Waals surface area contributed by atoms with E-state index >= 15 is 0 Å². The summed E-state index contributed by atoms with van der Waals surface area (Å²) in [6.45, 7) is 3.81. The number of hydrogen-bond donors (Lipinski definition) is 1. The van der Waals surface area contributed by atoms with E-state index in [-0.39, 0.29) is 0 Å². The molecule has 2 fully saturated rings. The topological polar surface area (TPSA) is 47.7 Å². The van der Waals surface area contributed by atoms with Crippen molar-refractivity contribution < 1.29 is 9.47 Å². The largest absolute Gasteiger partial charge is 0.492 e. The van der Waals surface area contributed by atoms with Gasteiger partial charge in [0.15, 0.2) is 0 Å². The Morgan fingerprint density at radius 1 is 1.17 bits per heavy atom. The fourth-order valence-electron chi connectivity index (χ4n) is 2.74. The summed E-state index contributed by atoms with van der Waals surface area (Å²) in [5.41, 5.74) is 6.40. The van der Waals surface area contributed by atoms with Crippen molar-refractivity contribution in [2.45, 2.75) is 25.0 Å². The molecule has 2 heterocycles. The molecule has 2 aliphatic heterocycles. The highest BCUT2D eigenvalue weighted by molar-refractivity contribution is 5.41. The Morgan fingerprint density at radius 3 is 2.50 bits per heavy atom. The molecule has 0 amide bonds. The van der Waals surface area contributed by atoms with Gasteiger partial charge < -0.3 is 15.2 Å². The number of morpholine rings is 1. The van der Waals surface area contributed by atoms with Crippen LogP contribution in [0.4, 0.5) is 5.69 Å². The van der Waals surface area contributed by atoms with Crippen LogP contribution in [0.1, 0.15) is 12.8 Å². The van der Waals surface area contributed by atoms with E-state index in [4.69, 9.17) is 15.2 Å². The van der Waals surface area contributed by atoms with E-state index in [1.165, 1.54) is 12.8 Å². The smallest absolute Gasteiger partial charge is 0.119 e. The van der Waals surface area contributed by atoms with Crippen molar-refractivity contribution in [3.05, 3.63) is 24.3 Å². The molecule has 0 saturated carbocycles. The molecule has 4 heteroatoms. The lowest BCUT2D eigenvalue weighted by molar-refractivity contribution is -0.0408. The lowest BCUT2D eigenvalue weighted by atomic mass is 10.2. The lowest BCUT2D eigenvalue weighted by Crippen LogP contribution is -2.44. The molecule has 0 spiro atoms. The van der Waals surface area contributed by atoms with Crippen LogP contribution in [0.5, 0.6) is 5.75 Å². The van der Waals surface area contributed by atoms with Crippen molar-refractivity contribution in [2.24, 2.45) is 0 Å². The van der Waals surface area contributed by atoms with Gasteiger partial charge in [-0.3, -0.25) is 4.90 Å². The Morgan fingerprint density at radius 2 is 1.83 bits per heavy atom. The van der Waals surface area contributed by atoms with Crippen LogP contribution in [0.3, 0.4) is 0 Å². The summed E-state index contributed by atoms with van der Waals surface area (Å²) in [7, 11) is 0. The molecule has 3 rings (SSSR count). The first kappa shape index (κ1) is 11.8. The molecule has 0 radical (unpaired) electrons. The SMILES string of the molecule is Nc1ccc(OCCN2CC3CCC(C2)O3)cc1. The van der Waals surface area contributed by atoms with Crippen LogP contribution in [0.15, 0.2) is 24.3 Å². The van der Waals surface area contributed by atoms with Crippen molar-refractivity contribution in [1.82, 2.24) is 4.90 Å². The summed E-state index contributed by atoms with van der Waals surface area (Å²) in [4.78, 5) is 2.45. The number of hydrogen-bond acceptors (Lipinski definition) is 4. The normalized spacial score (nSPS) is 27.3. The first-order chi connectivity index (χ1) is 8.79. The van der Waals surface area contributed by atoms with Gasteiger partial charge in [-0.25, -0.2) is 0 Å². The van der Waals surface area contributed by atoms with Gasteiger partial charge in [-0.2, -0.15) is 0 Å². The summed E-state index contributed by atoms with van der Waals surface area (Å²) in [6.07, 6.45) is 3.36. The second-order valence-electron chi connectivity index (χ2n) is 5.13. The quantitative estimate of drug-likeness (QED) is 0.821. The zero-order chi connectivity index (χ0) is 12.4. The molecule has 2 bridgehead atoms.